The van der Waals surface area contributed by atoms with Crippen molar-refractivity contribution in [2.75, 3.05) is 5.32 Å². The first-order valence-electron chi connectivity index (χ1n) is 5.19. The molecule has 0 aliphatic heterocycles. The average Bonchev–Trinajstić information content (AvgIpc) is 2.34. The predicted octanol–water partition coefficient (Wildman–Crippen LogP) is 6.13. The van der Waals surface area contributed by atoms with E-state index in [9.17, 15) is 0 Å². The zero-order valence-corrected chi connectivity index (χ0v) is 13.9. The number of rotatable bonds is 3. The molecule has 0 unspecified atom stereocenters. The maximum absolute atomic E-state index is 6.08. The van der Waals surface area contributed by atoms with Crippen molar-refractivity contribution in [2.45, 2.75) is 6.54 Å². The van der Waals surface area contributed by atoms with Gasteiger partial charge in [0.05, 0.1) is 10.7 Å². The van der Waals surface area contributed by atoms with Crippen LogP contribution in [0.1, 0.15) is 5.56 Å². The van der Waals surface area contributed by atoms with Crippen LogP contribution >= 0.6 is 55.1 Å². The minimum absolute atomic E-state index is 0.663. The van der Waals surface area contributed by atoms with Gasteiger partial charge in [0.1, 0.15) is 0 Å². The van der Waals surface area contributed by atoms with E-state index in [0.29, 0.717) is 16.6 Å². The summed E-state index contributed by atoms with van der Waals surface area (Å²) in [5.41, 5.74) is 1.99. The van der Waals surface area contributed by atoms with Crippen molar-refractivity contribution in [1.82, 2.24) is 0 Å². The highest BCUT2D eigenvalue weighted by molar-refractivity contribution is 9.13. The molecule has 2 rings (SSSR count). The summed E-state index contributed by atoms with van der Waals surface area (Å²) < 4.78 is 2.06. The van der Waals surface area contributed by atoms with Gasteiger partial charge in [-0.15, -0.1) is 0 Å². The molecule has 94 valence electrons. The van der Waals surface area contributed by atoms with E-state index >= 15 is 0 Å². The maximum atomic E-state index is 6.08. The van der Waals surface area contributed by atoms with Crippen LogP contribution in [-0.2, 0) is 6.54 Å². The van der Waals surface area contributed by atoms with Gasteiger partial charge in [-0.1, -0.05) is 29.3 Å². The molecule has 1 nitrogen and oxygen atoms in total. The van der Waals surface area contributed by atoms with E-state index in [1.165, 1.54) is 0 Å². The fraction of sp³-hybridized carbons (Fsp3) is 0.0769. The molecule has 0 atom stereocenters. The minimum Gasteiger partial charge on any atom is -0.380 e. The van der Waals surface area contributed by atoms with Gasteiger partial charge in [0.15, 0.2) is 0 Å². The SMILES string of the molecule is Clc1ccc(Cl)c(NCc2ccc(Br)c(Br)c2)c1. The Morgan fingerprint density at radius 2 is 1.72 bits per heavy atom. The quantitative estimate of drug-likeness (QED) is 0.642. The van der Waals surface area contributed by atoms with Gasteiger partial charge >= 0.3 is 0 Å². The van der Waals surface area contributed by atoms with Gasteiger partial charge in [-0.2, -0.15) is 0 Å². The number of hydrogen-bond donors (Lipinski definition) is 1. The fourth-order valence-corrected chi connectivity index (χ4v) is 2.51. The first kappa shape index (κ1) is 14.2. The van der Waals surface area contributed by atoms with Crippen LogP contribution in [0, 0.1) is 0 Å². The van der Waals surface area contributed by atoms with Gasteiger partial charge in [0.25, 0.3) is 0 Å². The molecule has 2 aromatic rings. The summed E-state index contributed by atoms with van der Waals surface area (Å²) in [7, 11) is 0. The summed E-state index contributed by atoms with van der Waals surface area (Å²) in [5, 5.41) is 4.59. The lowest BCUT2D eigenvalue weighted by Gasteiger charge is -2.09. The van der Waals surface area contributed by atoms with Crippen LogP contribution in [-0.4, -0.2) is 0 Å². The van der Waals surface area contributed by atoms with Gasteiger partial charge in [0.2, 0.25) is 0 Å². The van der Waals surface area contributed by atoms with E-state index in [0.717, 1.165) is 20.2 Å². The molecule has 0 aliphatic rings. The third kappa shape index (κ3) is 3.64. The van der Waals surface area contributed by atoms with Crippen LogP contribution in [0.25, 0.3) is 0 Å². The van der Waals surface area contributed by atoms with Crippen molar-refractivity contribution in [3.63, 3.8) is 0 Å². The Hall–Kier alpha value is -0.220. The lowest BCUT2D eigenvalue weighted by Crippen LogP contribution is -2.00. The van der Waals surface area contributed by atoms with Crippen molar-refractivity contribution < 1.29 is 0 Å². The highest BCUT2D eigenvalue weighted by Gasteiger charge is 2.02. The molecule has 0 bridgehead atoms. The van der Waals surface area contributed by atoms with E-state index in [1.807, 2.05) is 18.2 Å². The van der Waals surface area contributed by atoms with Crippen LogP contribution < -0.4 is 5.32 Å². The molecule has 5 heteroatoms. The minimum atomic E-state index is 0.663. The van der Waals surface area contributed by atoms with E-state index in [4.69, 9.17) is 23.2 Å². The van der Waals surface area contributed by atoms with Gasteiger partial charge in [-0.05, 0) is 67.8 Å². The monoisotopic (exact) mass is 407 g/mol. The molecular weight excluding hydrogens is 401 g/mol. The molecule has 0 aliphatic carbocycles. The second-order valence-corrected chi connectivity index (χ2v) is 6.28. The van der Waals surface area contributed by atoms with Gasteiger partial charge < -0.3 is 5.32 Å². The summed E-state index contributed by atoms with van der Waals surface area (Å²) in [6.07, 6.45) is 0. The van der Waals surface area contributed by atoms with Crippen LogP contribution in [0.3, 0.4) is 0 Å². The lowest BCUT2D eigenvalue weighted by molar-refractivity contribution is 1.14. The summed E-state index contributed by atoms with van der Waals surface area (Å²) in [6, 6.07) is 11.5. The third-order valence-corrected chi connectivity index (χ3v) is 4.84. The van der Waals surface area contributed by atoms with Crippen LogP contribution in [0.2, 0.25) is 10.0 Å². The summed E-state index contributed by atoms with van der Waals surface area (Å²) in [4.78, 5) is 0. The van der Waals surface area contributed by atoms with E-state index in [1.54, 1.807) is 12.1 Å². The Kier molecular flexibility index (Phi) is 4.96. The highest BCUT2D eigenvalue weighted by Crippen LogP contribution is 2.27. The van der Waals surface area contributed by atoms with Crippen molar-refractivity contribution in [3.05, 3.63) is 61.0 Å². The first-order chi connectivity index (χ1) is 8.56. The topological polar surface area (TPSA) is 12.0 Å². The fourth-order valence-electron chi connectivity index (χ4n) is 1.48. The van der Waals surface area contributed by atoms with Crippen molar-refractivity contribution >= 4 is 60.7 Å². The van der Waals surface area contributed by atoms with Crippen LogP contribution in [0.4, 0.5) is 5.69 Å². The van der Waals surface area contributed by atoms with E-state index in [2.05, 4.69) is 43.2 Å². The standard InChI is InChI=1S/C13H9Br2Cl2N/c14-10-3-1-8(5-11(10)15)7-18-13-6-9(16)2-4-12(13)17/h1-6,18H,7H2. The molecule has 1 N–H and O–H groups in total. The van der Waals surface area contributed by atoms with Gasteiger partial charge in [-0.3, -0.25) is 0 Å². The summed E-state index contributed by atoms with van der Waals surface area (Å²) in [6.45, 7) is 0.686. The smallest absolute Gasteiger partial charge is 0.0638 e. The molecule has 0 amide bonds. The molecular formula is C13H9Br2Cl2N. The van der Waals surface area contributed by atoms with Crippen molar-refractivity contribution in [3.8, 4) is 0 Å². The number of halogens is 4. The molecule has 0 saturated carbocycles. The Morgan fingerprint density at radius 1 is 0.944 bits per heavy atom. The Morgan fingerprint density at radius 3 is 2.44 bits per heavy atom. The molecule has 0 fully saturated rings. The van der Waals surface area contributed by atoms with Gasteiger partial charge in [-0.25, -0.2) is 0 Å². The Labute approximate surface area is 133 Å². The predicted molar refractivity (Wildman–Crippen MR) is 85.6 cm³/mol. The maximum Gasteiger partial charge on any atom is 0.0638 e. The molecule has 0 radical (unpaired) electrons. The molecule has 0 spiro atoms. The zero-order valence-electron chi connectivity index (χ0n) is 9.18. The largest absolute Gasteiger partial charge is 0.380 e. The Balaban J connectivity index is 2.11. The molecule has 0 aromatic heterocycles. The van der Waals surface area contributed by atoms with E-state index in [-0.39, 0.29) is 0 Å². The second-order valence-electron chi connectivity index (χ2n) is 3.73. The first-order valence-corrected chi connectivity index (χ1v) is 7.53. The molecule has 2 aromatic carbocycles. The molecule has 0 heterocycles. The normalized spacial score (nSPS) is 10.4. The number of nitrogens with one attached hydrogen (secondary N) is 1. The average molecular weight is 410 g/mol. The summed E-state index contributed by atoms with van der Waals surface area (Å²) >= 11 is 18.9. The lowest BCUT2D eigenvalue weighted by atomic mass is 10.2. The van der Waals surface area contributed by atoms with Crippen LogP contribution in [0.5, 0.6) is 0 Å². The van der Waals surface area contributed by atoms with Crippen LogP contribution in [0.15, 0.2) is 45.3 Å². The number of hydrogen-bond acceptors (Lipinski definition) is 1. The molecule has 18 heavy (non-hydrogen) atoms. The Bertz CT molecular complexity index is 573. The van der Waals surface area contributed by atoms with Crippen molar-refractivity contribution in [2.24, 2.45) is 0 Å². The third-order valence-electron chi connectivity index (χ3n) is 2.40. The molecule has 0 saturated heterocycles. The van der Waals surface area contributed by atoms with E-state index < -0.39 is 0 Å². The highest BCUT2D eigenvalue weighted by atomic mass is 79.9. The number of benzene rings is 2. The zero-order chi connectivity index (χ0) is 13.1. The number of anilines is 1. The van der Waals surface area contributed by atoms with Gasteiger partial charge in [0, 0.05) is 20.5 Å². The second kappa shape index (κ2) is 6.29. The van der Waals surface area contributed by atoms with Crippen molar-refractivity contribution in [1.29, 1.82) is 0 Å². The summed E-state index contributed by atoms with van der Waals surface area (Å²) in [5.74, 6) is 0.